The Kier molecular flexibility index (Phi) is 2.48. The average Bonchev–Trinajstić information content (AvgIpc) is 3.21. The highest BCUT2D eigenvalue weighted by molar-refractivity contribution is 5.79. The zero-order chi connectivity index (χ0) is 13.6. The number of nitrogens with zero attached hydrogens (tertiary/aromatic N) is 3. The first kappa shape index (κ1) is 11.6. The van der Waals surface area contributed by atoms with Crippen molar-refractivity contribution < 1.29 is 9.66 Å². The van der Waals surface area contributed by atoms with Crippen molar-refractivity contribution >= 4 is 16.7 Å². The van der Waals surface area contributed by atoms with Crippen LogP contribution in [0.15, 0.2) is 23.1 Å². The quantitative estimate of drug-likeness (QED) is 0.619. The van der Waals surface area contributed by atoms with E-state index < -0.39 is 4.92 Å². The van der Waals surface area contributed by atoms with E-state index >= 15 is 0 Å². The number of pyridine rings is 2. The third kappa shape index (κ3) is 1.83. The van der Waals surface area contributed by atoms with Crippen molar-refractivity contribution in [2.75, 3.05) is 7.11 Å². The molecule has 0 saturated heterocycles. The second kappa shape index (κ2) is 4.04. The van der Waals surface area contributed by atoms with Crippen molar-refractivity contribution in [2.45, 2.75) is 18.9 Å². The van der Waals surface area contributed by atoms with Crippen molar-refractivity contribution in [1.29, 1.82) is 0 Å². The molecule has 19 heavy (non-hydrogen) atoms. The summed E-state index contributed by atoms with van der Waals surface area (Å²) < 4.78 is 6.61. The number of hydrogen-bond donors (Lipinski definition) is 0. The van der Waals surface area contributed by atoms with Gasteiger partial charge in [-0.2, -0.15) is 0 Å². The zero-order valence-corrected chi connectivity index (χ0v) is 10.2. The van der Waals surface area contributed by atoms with Crippen LogP contribution in [0.3, 0.4) is 0 Å². The van der Waals surface area contributed by atoms with Gasteiger partial charge in [0.05, 0.1) is 12.0 Å². The third-order valence-electron chi connectivity index (χ3n) is 3.17. The first-order valence-corrected chi connectivity index (χ1v) is 5.85. The number of fused-ring (bicyclic) bond motifs is 1. The molecule has 1 fully saturated rings. The molecular formula is C12H11N3O4. The molecule has 0 unspecified atom stereocenters. The lowest BCUT2D eigenvalue weighted by molar-refractivity contribution is -0.385. The maximum absolute atomic E-state index is 12.2. The lowest BCUT2D eigenvalue weighted by Gasteiger charge is -2.10. The Balaban J connectivity index is 2.34. The topological polar surface area (TPSA) is 87.3 Å². The molecule has 98 valence electrons. The maximum atomic E-state index is 12.2. The minimum atomic E-state index is -0.508. The van der Waals surface area contributed by atoms with E-state index in [-0.39, 0.29) is 23.0 Å². The SMILES string of the molecule is COc1cc2cc([N+](=O)[O-])cnc2n(C2CC2)c1=O. The Bertz CT molecular complexity index is 734. The van der Waals surface area contributed by atoms with Crippen LogP contribution in [0.25, 0.3) is 11.0 Å². The molecule has 1 saturated carbocycles. The van der Waals surface area contributed by atoms with Gasteiger partial charge < -0.3 is 4.74 Å². The fourth-order valence-electron chi connectivity index (χ4n) is 2.11. The predicted molar refractivity (Wildman–Crippen MR) is 67.5 cm³/mol. The predicted octanol–water partition coefficient (Wildman–Crippen LogP) is 1.65. The molecular weight excluding hydrogens is 250 g/mol. The van der Waals surface area contributed by atoms with Gasteiger partial charge >= 0.3 is 0 Å². The fourth-order valence-corrected chi connectivity index (χ4v) is 2.11. The van der Waals surface area contributed by atoms with Crippen LogP contribution in [0, 0.1) is 10.1 Å². The van der Waals surface area contributed by atoms with Gasteiger partial charge in [-0.15, -0.1) is 0 Å². The molecule has 1 aliphatic carbocycles. The summed E-state index contributed by atoms with van der Waals surface area (Å²) >= 11 is 0. The molecule has 3 rings (SSSR count). The van der Waals surface area contributed by atoms with Gasteiger partial charge in [0.1, 0.15) is 11.8 Å². The summed E-state index contributed by atoms with van der Waals surface area (Å²) in [6.07, 6.45) is 3.01. The van der Waals surface area contributed by atoms with E-state index in [2.05, 4.69) is 4.98 Å². The number of hydrogen-bond acceptors (Lipinski definition) is 5. The van der Waals surface area contributed by atoms with Gasteiger partial charge in [-0.3, -0.25) is 19.5 Å². The summed E-state index contributed by atoms with van der Waals surface area (Å²) in [5, 5.41) is 11.3. The molecule has 0 amide bonds. The van der Waals surface area contributed by atoms with Crippen molar-refractivity contribution in [3.05, 3.63) is 38.8 Å². The molecule has 7 nitrogen and oxygen atoms in total. The Morgan fingerprint density at radius 2 is 2.21 bits per heavy atom. The molecule has 0 spiro atoms. The smallest absolute Gasteiger partial charge is 0.294 e. The van der Waals surface area contributed by atoms with E-state index in [9.17, 15) is 14.9 Å². The monoisotopic (exact) mass is 261 g/mol. The third-order valence-corrected chi connectivity index (χ3v) is 3.17. The van der Waals surface area contributed by atoms with Gasteiger partial charge in [0.2, 0.25) is 0 Å². The molecule has 0 N–H and O–H groups in total. The second-order valence-electron chi connectivity index (χ2n) is 4.48. The van der Waals surface area contributed by atoms with E-state index in [4.69, 9.17) is 4.74 Å². The molecule has 0 aliphatic heterocycles. The van der Waals surface area contributed by atoms with Crippen molar-refractivity contribution in [1.82, 2.24) is 9.55 Å². The van der Waals surface area contributed by atoms with Crippen molar-refractivity contribution in [3.63, 3.8) is 0 Å². The number of aromatic nitrogens is 2. The minimum absolute atomic E-state index is 0.101. The van der Waals surface area contributed by atoms with Crippen molar-refractivity contribution in [3.8, 4) is 5.75 Å². The van der Waals surface area contributed by atoms with Crippen LogP contribution < -0.4 is 10.3 Å². The number of rotatable bonds is 3. The minimum Gasteiger partial charge on any atom is -0.491 e. The van der Waals surface area contributed by atoms with Gasteiger partial charge in [-0.25, -0.2) is 4.98 Å². The van der Waals surface area contributed by atoms with E-state index in [1.165, 1.54) is 25.4 Å². The number of nitro groups is 1. The Labute approximate surface area is 107 Å². The summed E-state index contributed by atoms with van der Waals surface area (Å²) in [5.41, 5.74) is 0.133. The molecule has 0 bridgehead atoms. The van der Waals surface area contributed by atoms with Gasteiger partial charge in [-0.05, 0) is 18.9 Å². The van der Waals surface area contributed by atoms with Crippen LogP contribution in [-0.4, -0.2) is 21.6 Å². The summed E-state index contributed by atoms with van der Waals surface area (Å²) in [4.78, 5) is 26.5. The van der Waals surface area contributed by atoms with E-state index in [1.807, 2.05) is 0 Å². The van der Waals surface area contributed by atoms with E-state index in [1.54, 1.807) is 4.57 Å². The first-order valence-electron chi connectivity index (χ1n) is 5.85. The molecule has 2 aromatic rings. The highest BCUT2D eigenvalue weighted by Crippen LogP contribution is 2.36. The summed E-state index contributed by atoms with van der Waals surface area (Å²) in [6, 6.07) is 3.03. The van der Waals surface area contributed by atoms with Crippen LogP contribution in [0.1, 0.15) is 18.9 Å². The maximum Gasteiger partial charge on any atom is 0.294 e. The highest BCUT2D eigenvalue weighted by atomic mass is 16.6. The van der Waals surface area contributed by atoms with E-state index in [0.717, 1.165) is 12.8 Å². The van der Waals surface area contributed by atoms with Crippen LogP contribution in [-0.2, 0) is 0 Å². The molecule has 2 aromatic heterocycles. The second-order valence-corrected chi connectivity index (χ2v) is 4.48. The van der Waals surface area contributed by atoms with Gasteiger partial charge in [0, 0.05) is 17.5 Å². The first-order chi connectivity index (χ1) is 9.11. The Hall–Kier alpha value is -2.44. The van der Waals surface area contributed by atoms with Crippen LogP contribution in [0.4, 0.5) is 5.69 Å². The van der Waals surface area contributed by atoms with Crippen LogP contribution in [0.5, 0.6) is 5.75 Å². The summed E-state index contributed by atoms with van der Waals surface area (Å²) in [7, 11) is 1.41. The van der Waals surface area contributed by atoms with Gasteiger partial charge in [0.25, 0.3) is 11.2 Å². The number of methoxy groups -OCH3 is 1. The van der Waals surface area contributed by atoms with E-state index in [0.29, 0.717) is 11.0 Å². The van der Waals surface area contributed by atoms with Gasteiger partial charge in [0.15, 0.2) is 5.75 Å². The molecule has 7 heteroatoms. The van der Waals surface area contributed by atoms with Crippen molar-refractivity contribution in [2.24, 2.45) is 0 Å². The number of ether oxygens (including phenoxy) is 1. The highest BCUT2D eigenvalue weighted by Gasteiger charge is 2.28. The molecule has 0 radical (unpaired) electrons. The standard InChI is InChI=1S/C12H11N3O4/c1-19-10-5-7-4-9(15(17)18)6-13-11(7)14(12(10)16)8-2-3-8/h4-6,8H,2-3H2,1H3. The Morgan fingerprint density at radius 1 is 1.47 bits per heavy atom. The lowest BCUT2D eigenvalue weighted by atomic mass is 10.2. The largest absolute Gasteiger partial charge is 0.491 e. The van der Waals surface area contributed by atoms with Crippen LogP contribution in [0.2, 0.25) is 0 Å². The van der Waals surface area contributed by atoms with Crippen LogP contribution >= 0.6 is 0 Å². The molecule has 1 aliphatic rings. The average molecular weight is 261 g/mol. The normalized spacial score (nSPS) is 14.6. The molecule has 0 atom stereocenters. The zero-order valence-electron chi connectivity index (χ0n) is 10.2. The molecule has 2 heterocycles. The summed E-state index contributed by atoms with van der Waals surface area (Å²) in [5.74, 6) is 0.182. The molecule has 0 aromatic carbocycles. The Morgan fingerprint density at radius 3 is 2.79 bits per heavy atom. The lowest BCUT2D eigenvalue weighted by Crippen LogP contribution is -2.21. The fraction of sp³-hybridized carbons (Fsp3) is 0.333. The van der Waals surface area contributed by atoms with Gasteiger partial charge in [-0.1, -0.05) is 0 Å². The summed E-state index contributed by atoms with van der Waals surface area (Å²) in [6.45, 7) is 0.